The summed E-state index contributed by atoms with van der Waals surface area (Å²) < 4.78 is 13.6. The molecule has 0 heterocycles. The van der Waals surface area contributed by atoms with Crippen molar-refractivity contribution in [2.24, 2.45) is 5.73 Å². The van der Waals surface area contributed by atoms with Crippen molar-refractivity contribution in [1.29, 1.82) is 0 Å². The Labute approximate surface area is 124 Å². The van der Waals surface area contributed by atoms with Gasteiger partial charge in [-0.1, -0.05) is 24.3 Å². The van der Waals surface area contributed by atoms with Crippen LogP contribution in [-0.4, -0.2) is 5.91 Å². The third-order valence-electron chi connectivity index (χ3n) is 3.55. The number of nitrogens with one attached hydrogen (secondary N) is 1. The molecule has 4 heteroatoms. The first-order valence-electron chi connectivity index (χ1n) is 6.85. The van der Waals surface area contributed by atoms with E-state index >= 15 is 0 Å². The quantitative estimate of drug-likeness (QED) is 0.887. The molecular weight excluding hydrogens is 267 g/mol. The molecule has 0 radical (unpaired) electrons. The predicted octanol–water partition coefficient (Wildman–Crippen LogP) is 3.08. The molecule has 21 heavy (non-hydrogen) atoms. The molecule has 110 valence electrons. The van der Waals surface area contributed by atoms with Crippen molar-refractivity contribution in [2.45, 2.75) is 26.4 Å². The fourth-order valence-corrected chi connectivity index (χ4v) is 2.05. The van der Waals surface area contributed by atoms with E-state index in [1.807, 2.05) is 25.1 Å². The van der Waals surface area contributed by atoms with Crippen LogP contribution in [0.2, 0.25) is 0 Å². The lowest BCUT2D eigenvalue weighted by molar-refractivity contribution is 0.100. The SMILES string of the molecule is Cc1ccc(C(C)NCc2ccc(C(N)=O)cc2)cc1F. The summed E-state index contributed by atoms with van der Waals surface area (Å²) in [5.74, 6) is -0.620. The fourth-order valence-electron chi connectivity index (χ4n) is 2.05. The number of halogens is 1. The van der Waals surface area contributed by atoms with E-state index in [9.17, 15) is 9.18 Å². The Hall–Kier alpha value is -2.20. The number of aryl methyl sites for hydroxylation is 1. The second kappa shape index (κ2) is 6.50. The summed E-state index contributed by atoms with van der Waals surface area (Å²) in [5, 5.41) is 3.33. The van der Waals surface area contributed by atoms with Crippen LogP contribution in [0, 0.1) is 12.7 Å². The zero-order valence-corrected chi connectivity index (χ0v) is 12.2. The van der Waals surface area contributed by atoms with Crippen molar-refractivity contribution in [2.75, 3.05) is 0 Å². The van der Waals surface area contributed by atoms with Gasteiger partial charge in [-0.2, -0.15) is 0 Å². The van der Waals surface area contributed by atoms with E-state index in [-0.39, 0.29) is 11.9 Å². The largest absolute Gasteiger partial charge is 0.366 e. The van der Waals surface area contributed by atoms with E-state index in [2.05, 4.69) is 5.32 Å². The summed E-state index contributed by atoms with van der Waals surface area (Å²) in [5.41, 5.74) is 8.29. The van der Waals surface area contributed by atoms with Gasteiger partial charge >= 0.3 is 0 Å². The average Bonchev–Trinajstić information content (AvgIpc) is 2.48. The maximum Gasteiger partial charge on any atom is 0.248 e. The fraction of sp³-hybridized carbons (Fsp3) is 0.235. The summed E-state index contributed by atoms with van der Waals surface area (Å²) in [7, 11) is 0. The molecule has 0 aliphatic carbocycles. The molecule has 3 N–H and O–H groups in total. The third kappa shape index (κ3) is 3.89. The third-order valence-corrected chi connectivity index (χ3v) is 3.55. The van der Waals surface area contributed by atoms with E-state index in [4.69, 9.17) is 5.73 Å². The van der Waals surface area contributed by atoms with Gasteiger partial charge in [0.1, 0.15) is 5.82 Å². The molecule has 0 spiro atoms. The maximum absolute atomic E-state index is 13.6. The van der Waals surface area contributed by atoms with Crippen LogP contribution in [0.25, 0.3) is 0 Å². The normalized spacial score (nSPS) is 12.1. The Morgan fingerprint density at radius 2 is 1.90 bits per heavy atom. The van der Waals surface area contributed by atoms with Gasteiger partial charge in [-0.15, -0.1) is 0 Å². The number of carbonyl (C=O) groups excluding carboxylic acids is 1. The number of nitrogens with two attached hydrogens (primary N) is 1. The Kier molecular flexibility index (Phi) is 4.70. The average molecular weight is 286 g/mol. The van der Waals surface area contributed by atoms with Gasteiger partial charge in [0.2, 0.25) is 5.91 Å². The first kappa shape index (κ1) is 15.2. The molecule has 1 atom stereocenters. The van der Waals surface area contributed by atoms with E-state index < -0.39 is 5.91 Å². The monoisotopic (exact) mass is 286 g/mol. The van der Waals surface area contributed by atoms with Crippen molar-refractivity contribution < 1.29 is 9.18 Å². The summed E-state index contributed by atoms with van der Waals surface area (Å²) in [6, 6.07) is 12.4. The topological polar surface area (TPSA) is 55.1 Å². The van der Waals surface area contributed by atoms with Crippen molar-refractivity contribution >= 4 is 5.91 Å². The molecule has 0 aliphatic heterocycles. The number of amides is 1. The molecule has 1 amide bonds. The van der Waals surface area contributed by atoms with Crippen molar-refractivity contribution in [3.05, 3.63) is 70.5 Å². The minimum Gasteiger partial charge on any atom is -0.366 e. The Morgan fingerprint density at radius 3 is 2.48 bits per heavy atom. The first-order valence-corrected chi connectivity index (χ1v) is 6.85. The van der Waals surface area contributed by atoms with Crippen LogP contribution in [0.15, 0.2) is 42.5 Å². The van der Waals surface area contributed by atoms with Crippen LogP contribution in [0.4, 0.5) is 4.39 Å². The van der Waals surface area contributed by atoms with Gasteiger partial charge in [0.05, 0.1) is 0 Å². The second-order valence-electron chi connectivity index (χ2n) is 5.17. The highest BCUT2D eigenvalue weighted by Crippen LogP contribution is 2.17. The van der Waals surface area contributed by atoms with Crippen LogP contribution < -0.4 is 11.1 Å². The highest BCUT2D eigenvalue weighted by Gasteiger charge is 2.07. The molecule has 0 aliphatic rings. The van der Waals surface area contributed by atoms with Gasteiger partial charge in [0.25, 0.3) is 0 Å². The summed E-state index contributed by atoms with van der Waals surface area (Å²) in [4.78, 5) is 11.0. The standard InChI is InChI=1S/C17H19FN2O/c1-11-3-6-15(9-16(11)18)12(2)20-10-13-4-7-14(8-5-13)17(19)21/h3-9,12,20H,10H2,1-2H3,(H2,19,21). The van der Waals surface area contributed by atoms with Crippen molar-refractivity contribution in [1.82, 2.24) is 5.32 Å². The molecule has 0 saturated carbocycles. The van der Waals surface area contributed by atoms with Crippen LogP contribution >= 0.6 is 0 Å². The van der Waals surface area contributed by atoms with Crippen LogP contribution in [0.1, 0.15) is 40.0 Å². The molecule has 0 fully saturated rings. The van der Waals surface area contributed by atoms with Crippen LogP contribution in [-0.2, 0) is 6.54 Å². The lowest BCUT2D eigenvalue weighted by Gasteiger charge is -2.15. The van der Waals surface area contributed by atoms with Crippen molar-refractivity contribution in [3.8, 4) is 0 Å². The zero-order chi connectivity index (χ0) is 15.4. The van der Waals surface area contributed by atoms with Gasteiger partial charge in [-0.25, -0.2) is 4.39 Å². The number of benzene rings is 2. The van der Waals surface area contributed by atoms with Crippen LogP contribution in [0.5, 0.6) is 0 Å². The van der Waals surface area contributed by atoms with Crippen LogP contribution in [0.3, 0.4) is 0 Å². The van der Waals surface area contributed by atoms with E-state index in [0.29, 0.717) is 17.7 Å². The van der Waals surface area contributed by atoms with Gasteiger partial charge in [0, 0.05) is 18.2 Å². The number of hydrogen-bond acceptors (Lipinski definition) is 2. The molecule has 0 saturated heterocycles. The summed E-state index contributed by atoms with van der Waals surface area (Å²) >= 11 is 0. The zero-order valence-electron chi connectivity index (χ0n) is 12.2. The maximum atomic E-state index is 13.6. The highest BCUT2D eigenvalue weighted by molar-refractivity contribution is 5.92. The molecule has 2 aromatic rings. The Morgan fingerprint density at radius 1 is 1.24 bits per heavy atom. The molecule has 1 unspecified atom stereocenters. The smallest absolute Gasteiger partial charge is 0.248 e. The highest BCUT2D eigenvalue weighted by atomic mass is 19.1. The lowest BCUT2D eigenvalue weighted by Crippen LogP contribution is -2.18. The van der Waals surface area contributed by atoms with Gasteiger partial charge in [0.15, 0.2) is 0 Å². The molecule has 2 aromatic carbocycles. The number of rotatable bonds is 5. The van der Waals surface area contributed by atoms with Gasteiger partial charge < -0.3 is 11.1 Å². The van der Waals surface area contributed by atoms with Gasteiger partial charge in [-0.05, 0) is 48.7 Å². The van der Waals surface area contributed by atoms with Crippen molar-refractivity contribution in [3.63, 3.8) is 0 Å². The predicted molar refractivity (Wildman–Crippen MR) is 81.4 cm³/mol. The molecule has 0 bridgehead atoms. The summed E-state index contributed by atoms with van der Waals surface area (Å²) in [6.07, 6.45) is 0. The minimum absolute atomic E-state index is 0.0379. The first-order chi connectivity index (χ1) is 9.97. The molecular formula is C17H19FN2O. The number of hydrogen-bond donors (Lipinski definition) is 2. The summed E-state index contributed by atoms with van der Waals surface area (Å²) in [6.45, 7) is 4.37. The second-order valence-corrected chi connectivity index (χ2v) is 5.17. The molecule has 0 aromatic heterocycles. The van der Waals surface area contributed by atoms with E-state index in [0.717, 1.165) is 11.1 Å². The number of primary amides is 1. The molecule has 2 rings (SSSR count). The lowest BCUT2D eigenvalue weighted by atomic mass is 10.1. The Bertz CT molecular complexity index is 638. The van der Waals surface area contributed by atoms with Gasteiger partial charge in [-0.3, -0.25) is 4.79 Å². The van der Waals surface area contributed by atoms with E-state index in [1.165, 1.54) is 0 Å². The molecule has 3 nitrogen and oxygen atoms in total. The number of carbonyl (C=O) groups is 1. The van der Waals surface area contributed by atoms with E-state index in [1.54, 1.807) is 31.2 Å². The Balaban J connectivity index is 1.98. The minimum atomic E-state index is -0.432.